The zero-order valence-electron chi connectivity index (χ0n) is 13.6. The lowest BCUT2D eigenvalue weighted by atomic mass is 9.86. The molecule has 1 fully saturated rings. The second kappa shape index (κ2) is 10.8. The first-order chi connectivity index (χ1) is 10.3. The van der Waals surface area contributed by atoms with E-state index in [1.54, 1.807) is 7.05 Å². The van der Waals surface area contributed by atoms with E-state index in [1.807, 2.05) is 6.92 Å². The lowest BCUT2D eigenvalue weighted by Crippen LogP contribution is -2.37. The van der Waals surface area contributed by atoms with Crippen LogP contribution in [0.5, 0.6) is 0 Å². The molecule has 7 heteroatoms. The lowest BCUT2D eigenvalue weighted by molar-refractivity contribution is 0.332. The summed E-state index contributed by atoms with van der Waals surface area (Å²) in [4.78, 5) is 8.35. The summed E-state index contributed by atoms with van der Waals surface area (Å²) >= 11 is 0. The van der Waals surface area contributed by atoms with Crippen molar-refractivity contribution >= 4 is 29.9 Å². The van der Waals surface area contributed by atoms with E-state index in [1.165, 1.54) is 44.9 Å². The predicted octanol–water partition coefficient (Wildman–Crippen LogP) is 3.02. The Morgan fingerprint density at radius 3 is 2.68 bits per heavy atom. The molecule has 1 aromatic heterocycles. The molecular weight excluding hydrogens is 393 g/mol. The summed E-state index contributed by atoms with van der Waals surface area (Å²) < 4.78 is 5.06. The van der Waals surface area contributed by atoms with E-state index in [4.69, 9.17) is 4.52 Å². The summed E-state index contributed by atoms with van der Waals surface area (Å²) in [7, 11) is 1.77. The van der Waals surface area contributed by atoms with E-state index < -0.39 is 0 Å². The average Bonchev–Trinajstić information content (AvgIpc) is 2.93. The van der Waals surface area contributed by atoms with Gasteiger partial charge in [-0.2, -0.15) is 4.98 Å². The number of aromatic nitrogens is 2. The zero-order valence-corrected chi connectivity index (χ0v) is 15.9. The Kier molecular flexibility index (Phi) is 9.42. The number of halogens is 1. The van der Waals surface area contributed by atoms with Crippen molar-refractivity contribution < 1.29 is 4.52 Å². The van der Waals surface area contributed by atoms with E-state index in [2.05, 4.69) is 25.8 Å². The smallest absolute Gasteiger partial charge is 0.246 e. The highest BCUT2D eigenvalue weighted by molar-refractivity contribution is 14.0. The van der Waals surface area contributed by atoms with E-state index >= 15 is 0 Å². The maximum atomic E-state index is 5.06. The van der Waals surface area contributed by atoms with Gasteiger partial charge in [-0.3, -0.25) is 4.99 Å². The molecule has 1 aliphatic carbocycles. The van der Waals surface area contributed by atoms with E-state index in [9.17, 15) is 0 Å². The molecule has 1 aromatic rings. The first-order valence-electron chi connectivity index (χ1n) is 8.01. The second-order valence-electron chi connectivity index (χ2n) is 5.73. The monoisotopic (exact) mass is 421 g/mol. The summed E-state index contributed by atoms with van der Waals surface area (Å²) in [6.45, 7) is 3.27. The fourth-order valence-corrected chi connectivity index (χ4v) is 2.87. The Morgan fingerprint density at radius 2 is 2.05 bits per heavy atom. The van der Waals surface area contributed by atoms with Gasteiger partial charge in [0, 0.05) is 13.6 Å². The molecule has 126 valence electrons. The molecule has 0 spiro atoms. The third-order valence-corrected chi connectivity index (χ3v) is 4.01. The quantitative estimate of drug-likeness (QED) is 0.320. The van der Waals surface area contributed by atoms with Gasteiger partial charge in [-0.1, -0.05) is 37.3 Å². The van der Waals surface area contributed by atoms with Crippen molar-refractivity contribution in [3.05, 3.63) is 11.7 Å². The summed E-state index contributed by atoms with van der Waals surface area (Å²) in [6.07, 6.45) is 9.64. The fourth-order valence-electron chi connectivity index (χ4n) is 2.87. The predicted molar refractivity (Wildman–Crippen MR) is 98.5 cm³/mol. The van der Waals surface area contributed by atoms with Gasteiger partial charge < -0.3 is 15.2 Å². The van der Waals surface area contributed by atoms with Gasteiger partial charge in [0.15, 0.2) is 11.8 Å². The van der Waals surface area contributed by atoms with Crippen LogP contribution in [-0.2, 0) is 6.54 Å². The topological polar surface area (TPSA) is 75.3 Å². The van der Waals surface area contributed by atoms with Crippen LogP contribution in [-0.4, -0.2) is 29.7 Å². The van der Waals surface area contributed by atoms with Crippen LogP contribution in [0.1, 0.15) is 56.7 Å². The van der Waals surface area contributed by atoms with E-state index in [-0.39, 0.29) is 24.0 Å². The van der Waals surface area contributed by atoms with Crippen LogP contribution in [0.15, 0.2) is 9.52 Å². The maximum Gasteiger partial charge on any atom is 0.246 e. The molecule has 0 aromatic carbocycles. The highest BCUT2D eigenvalue weighted by Gasteiger charge is 2.12. The van der Waals surface area contributed by atoms with Gasteiger partial charge in [0.2, 0.25) is 5.89 Å². The van der Waals surface area contributed by atoms with Crippen molar-refractivity contribution in [2.45, 2.75) is 58.4 Å². The minimum Gasteiger partial charge on any atom is -0.356 e. The van der Waals surface area contributed by atoms with Crippen molar-refractivity contribution in [3.8, 4) is 0 Å². The van der Waals surface area contributed by atoms with Gasteiger partial charge in [-0.15, -0.1) is 24.0 Å². The minimum atomic E-state index is 0. The van der Waals surface area contributed by atoms with E-state index in [0.717, 1.165) is 18.4 Å². The molecule has 1 heterocycles. The Morgan fingerprint density at radius 1 is 1.27 bits per heavy atom. The minimum absolute atomic E-state index is 0. The number of nitrogens with zero attached hydrogens (tertiary/aromatic N) is 3. The Labute approximate surface area is 149 Å². The number of aryl methyl sites for hydroxylation is 1. The van der Waals surface area contributed by atoms with Crippen LogP contribution in [0.25, 0.3) is 0 Å². The first kappa shape index (κ1) is 19.2. The van der Waals surface area contributed by atoms with Crippen molar-refractivity contribution in [2.24, 2.45) is 10.9 Å². The molecule has 1 saturated carbocycles. The van der Waals surface area contributed by atoms with Crippen LogP contribution >= 0.6 is 24.0 Å². The molecule has 2 N–H and O–H groups in total. The number of guanidine groups is 1. The third-order valence-electron chi connectivity index (χ3n) is 4.01. The van der Waals surface area contributed by atoms with Crippen LogP contribution in [0.2, 0.25) is 0 Å². The molecule has 0 amide bonds. The van der Waals surface area contributed by atoms with Crippen molar-refractivity contribution in [3.63, 3.8) is 0 Å². The van der Waals surface area contributed by atoms with Gasteiger partial charge in [0.1, 0.15) is 0 Å². The van der Waals surface area contributed by atoms with Gasteiger partial charge in [0.25, 0.3) is 0 Å². The standard InChI is InChI=1S/C15H27N5O.HI/c1-12-19-14(21-20-12)11-18-15(16-2)17-10-6-9-13-7-4-3-5-8-13;/h13H,3-11H2,1-2H3,(H2,16,17,18);1H. The molecule has 0 aliphatic heterocycles. The highest BCUT2D eigenvalue weighted by atomic mass is 127. The molecule has 1 aliphatic rings. The van der Waals surface area contributed by atoms with Crippen molar-refractivity contribution in [2.75, 3.05) is 13.6 Å². The molecule has 0 unspecified atom stereocenters. The van der Waals surface area contributed by atoms with Crippen LogP contribution in [0.3, 0.4) is 0 Å². The molecule has 0 saturated heterocycles. The Balaban J connectivity index is 0.00000242. The van der Waals surface area contributed by atoms with Gasteiger partial charge in [0.05, 0.1) is 6.54 Å². The van der Waals surface area contributed by atoms with Crippen LogP contribution in [0.4, 0.5) is 0 Å². The number of nitrogens with one attached hydrogen (secondary N) is 2. The number of aliphatic imine (C=N–C) groups is 1. The van der Waals surface area contributed by atoms with E-state index in [0.29, 0.717) is 18.3 Å². The van der Waals surface area contributed by atoms with Crippen LogP contribution in [0, 0.1) is 12.8 Å². The average molecular weight is 421 g/mol. The molecule has 22 heavy (non-hydrogen) atoms. The summed E-state index contributed by atoms with van der Waals surface area (Å²) in [5.41, 5.74) is 0. The fraction of sp³-hybridized carbons (Fsp3) is 0.800. The first-order valence-corrected chi connectivity index (χ1v) is 8.01. The number of hydrogen-bond acceptors (Lipinski definition) is 4. The molecular formula is C15H28IN5O. The molecule has 0 bridgehead atoms. The summed E-state index contributed by atoms with van der Waals surface area (Å²) in [6, 6.07) is 0. The maximum absolute atomic E-state index is 5.06. The van der Waals surface area contributed by atoms with Gasteiger partial charge in [-0.25, -0.2) is 0 Å². The zero-order chi connectivity index (χ0) is 14.9. The summed E-state index contributed by atoms with van der Waals surface area (Å²) in [5, 5.41) is 10.3. The number of rotatable bonds is 6. The Bertz CT molecular complexity index is 443. The number of hydrogen-bond donors (Lipinski definition) is 2. The normalized spacial score (nSPS) is 16.2. The second-order valence-corrected chi connectivity index (χ2v) is 5.73. The third kappa shape index (κ3) is 6.93. The summed E-state index contributed by atoms with van der Waals surface area (Å²) in [5.74, 6) is 2.96. The molecule has 0 atom stereocenters. The SMILES string of the molecule is CN=C(NCCCC1CCCCC1)NCc1nc(C)no1.I. The molecule has 2 rings (SSSR count). The lowest BCUT2D eigenvalue weighted by Gasteiger charge is -2.21. The van der Waals surface area contributed by atoms with Crippen LogP contribution < -0.4 is 10.6 Å². The Hall–Kier alpha value is -0.860. The largest absolute Gasteiger partial charge is 0.356 e. The van der Waals surface area contributed by atoms with Gasteiger partial charge >= 0.3 is 0 Å². The molecule has 6 nitrogen and oxygen atoms in total. The van der Waals surface area contributed by atoms with Crippen molar-refractivity contribution in [1.29, 1.82) is 0 Å². The molecule has 0 radical (unpaired) electrons. The highest BCUT2D eigenvalue weighted by Crippen LogP contribution is 2.26. The van der Waals surface area contributed by atoms with Gasteiger partial charge in [-0.05, 0) is 25.7 Å². The van der Waals surface area contributed by atoms with Crippen molar-refractivity contribution in [1.82, 2.24) is 20.8 Å².